The molecule has 1 rings (SSSR count). The molecule has 1 aliphatic rings. The molecule has 3 heteroatoms. The first-order valence-corrected chi connectivity index (χ1v) is 4.58. The van der Waals surface area contributed by atoms with E-state index in [1.807, 2.05) is 0 Å². The second-order valence-corrected chi connectivity index (χ2v) is 3.37. The minimum absolute atomic E-state index is 0.313. The maximum Gasteiger partial charge on any atom is 0.303 e. The summed E-state index contributed by atoms with van der Waals surface area (Å²) in [5, 5.41) is 8.38. The van der Waals surface area contributed by atoms with Crippen LogP contribution in [0.2, 0.25) is 0 Å². The van der Waals surface area contributed by atoms with E-state index < -0.39 is 5.97 Å². The van der Waals surface area contributed by atoms with Crippen molar-refractivity contribution < 1.29 is 14.6 Å². The number of carboxylic acids is 1. The van der Waals surface area contributed by atoms with Crippen molar-refractivity contribution in [3.8, 4) is 0 Å². The Bertz CT molecular complexity index is 139. The fraction of sp³-hybridized carbons (Fsp3) is 0.889. The third kappa shape index (κ3) is 3.72. The van der Waals surface area contributed by atoms with Crippen LogP contribution in [0.4, 0.5) is 0 Å². The van der Waals surface area contributed by atoms with Gasteiger partial charge < -0.3 is 9.84 Å². The van der Waals surface area contributed by atoms with Gasteiger partial charge in [-0.3, -0.25) is 4.79 Å². The molecule has 0 aromatic carbocycles. The van der Waals surface area contributed by atoms with E-state index in [4.69, 9.17) is 9.84 Å². The van der Waals surface area contributed by atoms with E-state index in [1.165, 1.54) is 0 Å². The van der Waals surface area contributed by atoms with Gasteiger partial charge in [-0.2, -0.15) is 0 Å². The Hall–Kier alpha value is -0.570. The van der Waals surface area contributed by atoms with Crippen LogP contribution in [-0.4, -0.2) is 24.3 Å². The Morgan fingerprint density at radius 1 is 1.50 bits per heavy atom. The highest BCUT2D eigenvalue weighted by Gasteiger charge is 2.14. The molecule has 1 N–H and O–H groups in total. The summed E-state index contributed by atoms with van der Waals surface area (Å²) in [6, 6.07) is 0. The third-order valence-corrected chi connectivity index (χ3v) is 2.28. The fourth-order valence-corrected chi connectivity index (χ4v) is 1.52. The summed E-state index contributed by atoms with van der Waals surface area (Å²) < 4.78 is 5.22. The van der Waals surface area contributed by atoms with Gasteiger partial charge in [0.05, 0.1) is 0 Å². The molecule has 0 aromatic rings. The summed E-state index contributed by atoms with van der Waals surface area (Å²) in [6.45, 7) is 1.77. The quantitative estimate of drug-likeness (QED) is 0.641. The van der Waals surface area contributed by atoms with Crippen LogP contribution < -0.4 is 0 Å². The van der Waals surface area contributed by atoms with Crippen molar-refractivity contribution in [3.05, 3.63) is 0 Å². The molecule has 0 bridgehead atoms. The topological polar surface area (TPSA) is 46.5 Å². The maximum absolute atomic E-state index is 10.2. The average molecular weight is 172 g/mol. The van der Waals surface area contributed by atoms with Crippen molar-refractivity contribution in [3.63, 3.8) is 0 Å². The fourth-order valence-electron chi connectivity index (χ4n) is 1.52. The Morgan fingerprint density at radius 2 is 2.33 bits per heavy atom. The van der Waals surface area contributed by atoms with Crippen LogP contribution in [0.5, 0.6) is 0 Å². The van der Waals surface area contributed by atoms with Crippen LogP contribution in [0.3, 0.4) is 0 Å². The number of aliphatic carboxylic acids is 1. The van der Waals surface area contributed by atoms with Crippen LogP contribution in [0.15, 0.2) is 0 Å². The molecule has 1 heterocycles. The van der Waals surface area contributed by atoms with Crippen molar-refractivity contribution in [2.75, 3.05) is 13.2 Å². The van der Waals surface area contributed by atoms with E-state index in [2.05, 4.69) is 0 Å². The highest BCUT2D eigenvalue weighted by molar-refractivity contribution is 5.66. The van der Waals surface area contributed by atoms with Gasteiger partial charge in [0.25, 0.3) is 0 Å². The van der Waals surface area contributed by atoms with E-state index in [1.54, 1.807) is 0 Å². The predicted octanol–water partition coefficient (Wildman–Crippen LogP) is 1.67. The number of hydrogen-bond donors (Lipinski definition) is 1. The molecule has 1 aliphatic heterocycles. The third-order valence-electron chi connectivity index (χ3n) is 2.28. The molecule has 1 unspecified atom stereocenters. The molecule has 0 aliphatic carbocycles. The average Bonchev–Trinajstić information content (AvgIpc) is 2.49. The molecular formula is C9H16O3. The second kappa shape index (κ2) is 5.14. The summed E-state index contributed by atoms with van der Waals surface area (Å²) in [5.74, 6) is 0.0106. The van der Waals surface area contributed by atoms with Crippen LogP contribution >= 0.6 is 0 Å². The zero-order valence-electron chi connectivity index (χ0n) is 7.29. The van der Waals surface area contributed by atoms with Gasteiger partial charge >= 0.3 is 5.97 Å². The van der Waals surface area contributed by atoms with Gasteiger partial charge in [-0.05, 0) is 25.2 Å². The van der Waals surface area contributed by atoms with Gasteiger partial charge in [0.15, 0.2) is 0 Å². The molecule has 0 amide bonds. The zero-order chi connectivity index (χ0) is 8.81. The Labute approximate surface area is 72.7 Å². The highest BCUT2D eigenvalue weighted by Crippen LogP contribution is 2.19. The highest BCUT2D eigenvalue weighted by atomic mass is 16.5. The lowest BCUT2D eigenvalue weighted by molar-refractivity contribution is -0.137. The Kier molecular flexibility index (Phi) is 4.08. The van der Waals surface area contributed by atoms with Crippen molar-refractivity contribution in [2.24, 2.45) is 5.92 Å². The molecule has 0 aromatic heterocycles. The number of unbranched alkanes of at least 4 members (excludes halogenated alkanes) is 1. The smallest absolute Gasteiger partial charge is 0.303 e. The second-order valence-electron chi connectivity index (χ2n) is 3.37. The maximum atomic E-state index is 10.2. The first kappa shape index (κ1) is 9.52. The summed E-state index contributed by atoms with van der Waals surface area (Å²) >= 11 is 0. The number of carbonyl (C=O) groups is 1. The minimum Gasteiger partial charge on any atom is -0.481 e. The molecule has 12 heavy (non-hydrogen) atoms. The van der Waals surface area contributed by atoms with Gasteiger partial charge in [0.1, 0.15) is 0 Å². The van der Waals surface area contributed by atoms with Crippen molar-refractivity contribution in [1.29, 1.82) is 0 Å². The zero-order valence-corrected chi connectivity index (χ0v) is 7.29. The van der Waals surface area contributed by atoms with Gasteiger partial charge in [-0.1, -0.05) is 6.42 Å². The van der Waals surface area contributed by atoms with Crippen molar-refractivity contribution in [1.82, 2.24) is 0 Å². The molecule has 0 radical (unpaired) electrons. The van der Waals surface area contributed by atoms with E-state index in [0.717, 1.165) is 38.9 Å². The van der Waals surface area contributed by atoms with E-state index in [-0.39, 0.29) is 0 Å². The van der Waals surface area contributed by atoms with Crippen LogP contribution in [-0.2, 0) is 9.53 Å². The summed E-state index contributed by atoms with van der Waals surface area (Å²) in [6.07, 6.45) is 4.44. The van der Waals surface area contributed by atoms with E-state index >= 15 is 0 Å². The standard InChI is InChI=1S/C9H16O3/c10-9(11)4-2-1-3-8-5-6-12-7-8/h8H,1-7H2,(H,10,11). The Morgan fingerprint density at radius 3 is 2.92 bits per heavy atom. The number of hydrogen-bond acceptors (Lipinski definition) is 2. The molecule has 70 valence electrons. The van der Waals surface area contributed by atoms with Gasteiger partial charge in [0.2, 0.25) is 0 Å². The van der Waals surface area contributed by atoms with Crippen molar-refractivity contribution in [2.45, 2.75) is 32.1 Å². The molecular weight excluding hydrogens is 156 g/mol. The molecule has 1 fully saturated rings. The van der Waals surface area contributed by atoms with Crippen molar-refractivity contribution >= 4 is 5.97 Å². The first-order chi connectivity index (χ1) is 5.79. The van der Waals surface area contributed by atoms with Crippen LogP contribution in [0.1, 0.15) is 32.1 Å². The number of carboxylic acid groups (broad SMARTS) is 1. The van der Waals surface area contributed by atoms with Crippen LogP contribution in [0.25, 0.3) is 0 Å². The predicted molar refractivity (Wildman–Crippen MR) is 45.0 cm³/mol. The summed E-state index contributed by atoms with van der Waals surface area (Å²) in [4.78, 5) is 10.2. The minimum atomic E-state index is -0.683. The molecule has 1 saturated heterocycles. The first-order valence-electron chi connectivity index (χ1n) is 4.58. The molecule has 0 spiro atoms. The van der Waals surface area contributed by atoms with Gasteiger partial charge in [-0.15, -0.1) is 0 Å². The normalized spacial score (nSPS) is 22.8. The number of rotatable bonds is 5. The number of ether oxygens (including phenoxy) is 1. The monoisotopic (exact) mass is 172 g/mol. The van der Waals surface area contributed by atoms with Crippen LogP contribution in [0, 0.1) is 5.92 Å². The Balaban J connectivity index is 1.91. The summed E-state index contributed by atoms with van der Waals surface area (Å²) in [5.41, 5.74) is 0. The lowest BCUT2D eigenvalue weighted by atomic mass is 10.0. The van der Waals surface area contributed by atoms with E-state index in [9.17, 15) is 4.79 Å². The van der Waals surface area contributed by atoms with E-state index in [0.29, 0.717) is 12.3 Å². The molecule has 3 nitrogen and oxygen atoms in total. The van der Waals surface area contributed by atoms with Gasteiger partial charge in [0, 0.05) is 19.6 Å². The SMILES string of the molecule is O=C(O)CCCCC1CCOC1. The summed E-state index contributed by atoms with van der Waals surface area (Å²) in [7, 11) is 0. The lowest BCUT2D eigenvalue weighted by Crippen LogP contribution is -2.00. The largest absolute Gasteiger partial charge is 0.481 e. The molecule has 1 atom stereocenters. The lowest BCUT2D eigenvalue weighted by Gasteiger charge is -2.04. The molecule has 0 saturated carbocycles. The van der Waals surface area contributed by atoms with Gasteiger partial charge in [-0.25, -0.2) is 0 Å².